The normalized spacial score (nSPS) is 18.4. The van der Waals surface area contributed by atoms with E-state index in [1.54, 1.807) is 7.11 Å². The van der Waals surface area contributed by atoms with Crippen molar-refractivity contribution in [2.75, 3.05) is 20.8 Å². The van der Waals surface area contributed by atoms with Crippen LogP contribution in [0.25, 0.3) is 0 Å². The number of hydrogen-bond acceptors (Lipinski definition) is 3. The van der Waals surface area contributed by atoms with Gasteiger partial charge in [0.1, 0.15) is 18.1 Å². The molecule has 20 heavy (non-hydrogen) atoms. The van der Waals surface area contributed by atoms with E-state index in [0.29, 0.717) is 17.9 Å². The van der Waals surface area contributed by atoms with Crippen LogP contribution in [0.1, 0.15) is 25.3 Å². The molecular formula is C15H18F2O3. The summed E-state index contributed by atoms with van der Waals surface area (Å²) in [6, 6.07) is 2.60. The summed E-state index contributed by atoms with van der Waals surface area (Å²) >= 11 is 0. The number of benzene rings is 1. The van der Waals surface area contributed by atoms with Gasteiger partial charge in [0.2, 0.25) is 5.82 Å². The Morgan fingerprint density at radius 3 is 2.45 bits per heavy atom. The molecule has 0 radical (unpaired) electrons. The highest BCUT2D eigenvalue weighted by Crippen LogP contribution is 2.41. The standard InChI is InChI=1S/C15H18F2O3/c1-8(2)13-15(19-4)10(7-20-13)9-5-6-11(16)12(17)14(9)18-3/h5-6,8,10H,7H2,1-4H3/t10-/m0/s1. The largest absolute Gasteiger partial charge is 0.497 e. The first-order chi connectivity index (χ1) is 9.51. The van der Waals surface area contributed by atoms with Crippen molar-refractivity contribution in [2.45, 2.75) is 19.8 Å². The topological polar surface area (TPSA) is 27.7 Å². The molecule has 1 aliphatic rings. The van der Waals surface area contributed by atoms with E-state index in [4.69, 9.17) is 14.2 Å². The van der Waals surface area contributed by atoms with Crippen LogP contribution in [-0.2, 0) is 9.47 Å². The van der Waals surface area contributed by atoms with Crippen molar-refractivity contribution >= 4 is 0 Å². The molecule has 0 unspecified atom stereocenters. The molecular weight excluding hydrogens is 266 g/mol. The quantitative estimate of drug-likeness (QED) is 0.845. The third-order valence-corrected chi connectivity index (χ3v) is 3.37. The van der Waals surface area contributed by atoms with Gasteiger partial charge in [-0.25, -0.2) is 4.39 Å². The van der Waals surface area contributed by atoms with Crippen molar-refractivity contribution in [3.63, 3.8) is 0 Å². The highest BCUT2D eigenvalue weighted by atomic mass is 19.2. The van der Waals surface area contributed by atoms with Crippen molar-refractivity contribution in [2.24, 2.45) is 5.92 Å². The zero-order valence-corrected chi connectivity index (χ0v) is 12.0. The van der Waals surface area contributed by atoms with Gasteiger partial charge in [0.25, 0.3) is 0 Å². The Balaban J connectivity index is 2.50. The Hall–Kier alpha value is -1.78. The van der Waals surface area contributed by atoms with Gasteiger partial charge in [-0.15, -0.1) is 0 Å². The Morgan fingerprint density at radius 1 is 1.20 bits per heavy atom. The zero-order chi connectivity index (χ0) is 14.9. The second-order valence-electron chi connectivity index (χ2n) is 4.93. The second-order valence-corrected chi connectivity index (χ2v) is 4.93. The summed E-state index contributed by atoms with van der Waals surface area (Å²) < 4.78 is 43.1. The molecule has 1 heterocycles. The maximum absolute atomic E-state index is 13.8. The predicted octanol–water partition coefficient (Wildman–Crippen LogP) is 3.60. The predicted molar refractivity (Wildman–Crippen MR) is 70.5 cm³/mol. The summed E-state index contributed by atoms with van der Waals surface area (Å²) in [6.45, 7) is 4.30. The summed E-state index contributed by atoms with van der Waals surface area (Å²) in [6.07, 6.45) is 0. The fourth-order valence-corrected chi connectivity index (χ4v) is 2.45. The van der Waals surface area contributed by atoms with Gasteiger partial charge in [-0.3, -0.25) is 0 Å². The van der Waals surface area contributed by atoms with Crippen molar-refractivity contribution in [3.05, 3.63) is 40.8 Å². The fraction of sp³-hybridized carbons (Fsp3) is 0.467. The molecule has 5 heteroatoms. The van der Waals surface area contributed by atoms with E-state index in [2.05, 4.69) is 0 Å². The molecule has 3 nitrogen and oxygen atoms in total. The fourth-order valence-electron chi connectivity index (χ4n) is 2.45. The SMILES string of the molecule is COC1=C(C(C)C)OC[C@H]1c1ccc(F)c(F)c1OC. The molecule has 0 amide bonds. The molecule has 0 aliphatic carbocycles. The van der Waals surface area contributed by atoms with Gasteiger partial charge in [0.05, 0.1) is 20.1 Å². The molecule has 0 saturated carbocycles. The van der Waals surface area contributed by atoms with E-state index < -0.39 is 11.6 Å². The average Bonchev–Trinajstić information content (AvgIpc) is 2.85. The van der Waals surface area contributed by atoms with Gasteiger partial charge < -0.3 is 14.2 Å². The molecule has 0 aromatic heterocycles. The zero-order valence-electron chi connectivity index (χ0n) is 12.0. The Labute approximate surface area is 117 Å². The highest BCUT2D eigenvalue weighted by Gasteiger charge is 2.34. The van der Waals surface area contributed by atoms with Crippen LogP contribution < -0.4 is 4.74 Å². The maximum Gasteiger partial charge on any atom is 0.200 e. The van der Waals surface area contributed by atoms with Crippen molar-refractivity contribution in [3.8, 4) is 5.75 Å². The number of halogens is 2. The van der Waals surface area contributed by atoms with E-state index in [-0.39, 0.29) is 17.6 Å². The maximum atomic E-state index is 13.8. The number of ether oxygens (including phenoxy) is 3. The average molecular weight is 284 g/mol. The van der Waals surface area contributed by atoms with Crippen LogP contribution >= 0.6 is 0 Å². The molecule has 0 N–H and O–H groups in total. The molecule has 0 saturated heterocycles. The van der Waals surface area contributed by atoms with Crippen LogP contribution in [-0.4, -0.2) is 20.8 Å². The molecule has 1 aromatic rings. The van der Waals surface area contributed by atoms with Crippen molar-refractivity contribution < 1.29 is 23.0 Å². The molecule has 1 aliphatic heterocycles. The first-order valence-electron chi connectivity index (χ1n) is 6.44. The molecule has 1 aromatic carbocycles. The van der Waals surface area contributed by atoms with Crippen LogP contribution in [0.3, 0.4) is 0 Å². The summed E-state index contributed by atoms with van der Waals surface area (Å²) in [7, 11) is 2.86. The lowest BCUT2D eigenvalue weighted by molar-refractivity contribution is 0.206. The van der Waals surface area contributed by atoms with Gasteiger partial charge in [0.15, 0.2) is 11.6 Å². The van der Waals surface area contributed by atoms with Crippen LogP contribution in [0.5, 0.6) is 5.75 Å². The summed E-state index contributed by atoms with van der Waals surface area (Å²) in [5.41, 5.74) is 0.527. The van der Waals surface area contributed by atoms with Gasteiger partial charge in [0, 0.05) is 11.5 Å². The smallest absolute Gasteiger partial charge is 0.200 e. The third-order valence-electron chi connectivity index (χ3n) is 3.37. The van der Waals surface area contributed by atoms with Gasteiger partial charge in [-0.1, -0.05) is 19.9 Å². The van der Waals surface area contributed by atoms with E-state index in [1.807, 2.05) is 13.8 Å². The minimum Gasteiger partial charge on any atom is -0.497 e. The molecule has 0 fully saturated rings. The number of allylic oxidation sites excluding steroid dienone is 1. The Bertz CT molecular complexity index is 538. The highest BCUT2D eigenvalue weighted by molar-refractivity contribution is 5.43. The summed E-state index contributed by atoms with van der Waals surface area (Å²) in [4.78, 5) is 0. The molecule has 0 spiro atoms. The first-order valence-corrected chi connectivity index (χ1v) is 6.44. The minimum absolute atomic E-state index is 0.0989. The minimum atomic E-state index is -0.988. The van der Waals surface area contributed by atoms with Gasteiger partial charge in [-0.2, -0.15) is 4.39 Å². The van der Waals surface area contributed by atoms with Crippen molar-refractivity contribution in [1.29, 1.82) is 0 Å². The summed E-state index contributed by atoms with van der Waals surface area (Å²) in [5, 5.41) is 0. The molecule has 110 valence electrons. The molecule has 0 bridgehead atoms. The van der Waals surface area contributed by atoms with E-state index in [9.17, 15) is 8.78 Å². The lowest BCUT2D eigenvalue weighted by Gasteiger charge is -2.16. The Kier molecular flexibility index (Phi) is 4.16. The van der Waals surface area contributed by atoms with Crippen LogP contribution in [0.4, 0.5) is 8.78 Å². The second kappa shape index (κ2) is 5.69. The van der Waals surface area contributed by atoms with Crippen LogP contribution in [0.2, 0.25) is 0 Å². The van der Waals surface area contributed by atoms with E-state index in [0.717, 1.165) is 11.8 Å². The van der Waals surface area contributed by atoms with E-state index in [1.165, 1.54) is 13.2 Å². The molecule has 2 rings (SSSR count). The first kappa shape index (κ1) is 14.6. The van der Waals surface area contributed by atoms with Crippen LogP contribution in [0, 0.1) is 17.6 Å². The van der Waals surface area contributed by atoms with E-state index >= 15 is 0 Å². The molecule has 1 atom stereocenters. The van der Waals surface area contributed by atoms with Crippen LogP contribution in [0.15, 0.2) is 23.7 Å². The lowest BCUT2D eigenvalue weighted by Crippen LogP contribution is -2.08. The lowest BCUT2D eigenvalue weighted by atomic mass is 9.95. The monoisotopic (exact) mass is 284 g/mol. The Morgan fingerprint density at radius 2 is 1.90 bits per heavy atom. The third kappa shape index (κ3) is 2.32. The van der Waals surface area contributed by atoms with Gasteiger partial charge in [-0.05, 0) is 6.07 Å². The number of methoxy groups -OCH3 is 2. The summed E-state index contributed by atoms with van der Waals surface area (Å²) in [5.74, 6) is -0.768. The number of rotatable bonds is 4. The van der Waals surface area contributed by atoms with Crippen molar-refractivity contribution in [1.82, 2.24) is 0 Å². The number of hydrogen-bond donors (Lipinski definition) is 0. The van der Waals surface area contributed by atoms with Gasteiger partial charge >= 0.3 is 0 Å².